The van der Waals surface area contributed by atoms with Crippen LogP contribution in [0.1, 0.15) is 27.2 Å². The average molecular weight is 215 g/mol. The van der Waals surface area contributed by atoms with Gasteiger partial charge in [0.1, 0.15) is 0 Å². The summed E-state index contributed by atoms with van der Waals surface area (Å²) in [6.45, 7) is 7.64. The van der Waals surface area contributed by atoms with Gasteiger partial charge in [-0.2, -0.15) is 0 Å². The number of hydrogen-bond donors (Lipinski definition) is 2. The molecular weight excluding hydrogens is 194 g/mol. The molecule has 0 bridgehead atoms. The Morgan fingerprint density at radius 3 is 2.13 bits per heavy atom. The van der Waals surface area contributed by atoms with Crippen molar-refractivity contribution < 1.29 is 9.59 Å². The first-order valence-corrected chi connectivity index (χ1v) is 5.37. The number of rotatable bonds is 7. The predicted molar refractivity (Wildman–Crippen MR) is 59.2 cm³/mol. The number of carbonyl (C=O) groups is 2. The van der Waals surface area contributed by atoms with E-state index in [0.717, 1.165) is 0 Å². The molecule has 0 aromatic rings. The summed E-state index contributed by atoms with van der Waals surface area (Å²) in [4.78, 5) is 24.4. The number of nitrogens with zero attached hydrogens (tertiary/aromatic N) is 1. The maximum Gasteiger partial charge on any atom is 0.235 e. The quantitative estimate of drug-likeness (QED) is 0.612. The highest BCUT2D eigenvalue weighted by molar-refractivity contribution is 5.87. The van der Waals surface area contributed by atoms with Crippen LogP contribution in [0.4, 0.5) is 0 Å². The van der Waals surface area contributed by atoms with Gasteiger partial charge in [0.05, 0.1) is 12.5 Å². The van der Waals surface area contributed by atoms with Gasteiger partial charge in [0.2, 0.25) is 11.8 Å². The molecule has 1 atom stereocenters. The highest BCUT2D eigenvalue weighted by Crippen LogP contribution is 1.98. The van der Waals surface area contributed by atoms with E-state index in [1.165, 1.54) is 0 Å². The normalized spacial score (nSPS) is 12.2. The van der Waals surface area contributed by atoms with Crippen molar-refractivity contribution in [2.45, 2.75) is 33.2 Å². The summed E-state index contributed by atoms with van der Waals surface area (Å²) < 4.78 is 0. The Bertz CT molecular complexity index is 215. The number of nitrogens with one attached hydrogen (secondary N) is 1. The molecule has 5 nitrogen and oxygen atoms in total. The van der Waals surface area contributed by atoms with Gasteiger partial charge in [-0.3, -0.25) is 9.59 Å². The molecule has 1 unspecified atom stereocenters. The second-order valence-electron chi connectivity index (χ2n) is 3.28. The Kier molecular flexibility index (Phi) is 6.70. The first-order chi connectivity index (χ1) is 7.06. The van der Waals surface area contributed by atoms with E-state index in [4.69, 9.17) is 5.73 Å². The summed E-state index contributed by atoms with van der Waals surface area (Å²) in [7, 11) is 0. The van der Waals surface area contributed by atoms with Crippen LogP contribution in [0.2, 0.25) is 0 Å². The highest BCUT2D eigenvalue weighted by atomic mass is 16.2. The minimum atomic E-state index is -0.553. The number of carbonyl (C=O) groups excluding carboxylic acids is 2. The predicted octanol–water partition coefficient (Wildman–Crippen LogP) is -0.292. The van der Waals surface area contributed by atoms with Crippen molar-refractivity contribution in [1.82, 2.24) is 10.2 Å². The van der Waals surface area contributed by atoms with Crippen LogP contribution in [0.3, 0.4) is 0 Å². The van der Waals surface area contributed by atoms with Crippen molar-refractivity contribution in [3.05, 3.63) is 0 Å². The molecule has 0 rings (SSSR count). The summed E-state index contributed by atoms with van der Waals surface area (Å²) in [5.74, 6) is -0.512. The van der Waals surface area contributed by atoms with Gasteiger partial charge in [0.15, 0.2) is 0 Å². The molecule has 2 amide bonds. The lowest BCUT2D eigenvalue weighted by atomic mass is 10.1. The van der Waals surface area contributed by atoms with E-state index in [1.807, 2.05) is 20.8 Å². The summed E-state index contributed by atoms with van der Waals surface area (Å²) in [5.41, 5.74) is 5.18. The molecule has 0 aromatic carbocycles. The Hall–Kier alpha value is -1.10. The van der Waals surface area contributed by atoms with E-state index in [2.05, 4.69) is 5.32 Å². The monoisotopic (exact) mass is 215 g/mol. The van der Waals surface area contributed by atoms with E-state index in [9.17, 15) is 9.59 Å². The molecule has 0 spiro atoms. The van der Waals surface area contributed by atoms with Crippen LogP contribution < -0.4 is 11.1 Å². The van der Waals surface area contributed by atoms with E-state index < -0.39 is 11.9 Å². The molecule has 5 heteroatoms. The summed E-state index contributed by atoms with van der Waals surface area (Å²) in [6, 6.07) is -0.553. The van der Waals surface area contributed by atoms with Crippen LogP contribution in [0.25, 0.3) is 0 Å². The standard InChI is InChI=1S/C10H21N3O2/c1-4-12-8(10(11)15)7-9(14)13(5-2)6-3/h8,12H,4-7H2,1-3H3,(H2,11,15). The summed E-state index contributed by atoms with van der Waals surface area (Å²) >= 11 is 0. The van der Waals surface area contributed by atoms with Crippen LogP contribution in [-0.4, -0.2) is 42.4 Å². The highest BCUT2D eigenvalue weighted by Gasteiger charge is 2.20. The minimum absolute atomic E-state index is 0.0373. The van der Waals surface area contributed by atoms with Gasteiger partial charge >= 0.3 is 0 Å². The Morgan fingerprint density at radius 1 is 1.27 bits per heavy atom. The molecule has 0 saturated heterocycles. The Morgan fingerprint density at radius 2 is 1.80 bits per heavy atom. The lowest BCUT2D eigenvalue weighted by molar-refractivity contribution is -0.133. The number of primary amides is 1. The zero-order valence-corrected chi connectivity index (χ0v) is 9.75. The van der Waals surface area contributed by atoms with Crippen molar-refractivity contribution in [3.8, 4) is 0 Å². The van der Waals surface area contributed by atoms with E-state index in [-0.39, 0.29) is 12.3 Å². The first kappa shape index (κ1) is 13.9. The molecule has 0 saturated carbocycles. The summed E-state index contributed by atoms with van der Waals surface area (Å²) in [6.07, 6.45) is 0.144. The molecule has 0 aliphatic heterocycles. The van der Waals surface area contributed by atoms with Crippen molar-refractivity contribution in [3.63, 3.8) is 0 Å². The number of amides is 2. The second kappa shape index (κ2) is 7.23. The van der Waals surface area contributed by atoms with Crippen LogP contribution in [0.15, 0.2) is 0 Å². The molecule has 0 heterocycles. The smallest absolute Gasteiger partial charge is 0.235 e. The topological polar surface area (TPSA) is 75.4 Å². The third kappa shape index (κ3) is 4.78. The fourth-order valence-corrected chi connectivity index (χ4v) is 1.40. The maximum absolute atomic E-state index is 11.7. The number of hydrogen-bond acceptors (Lipinski definition) is 3. The van der Waals surface area contributed by atoms with Crippen LogP contribution in [0.5, 0.6) is 0 Å². The largest absolute Gasteiger partial charge is 0.368 e. The van der Waals surface area contributed by atoms with Crippen molar-refractivity contribution >= 4 is 11.8 Å². The lowest BCUT2D eigenvalue weighted by Crippen LogP contribution is -2.45. The lowest BCUT2D eigenvalue weighted by Gasteiger charge is -2.21. The third-order valence-corrected chi connectivity index (χ3v) is 2.29. The maximum atomic E-state index is 11.7. The van der Waals surface area contributed by atoms with Crippen LogP contribution >= 0.6 is 0 Å². The molecule has 0 aliphatic rings. The van der Waals surface area contributed by atoms with Gasteiger partial charge < -0.3 is 16.0 Å². The fraction of sp³-hybridized carbons (Fsp3) is 0.800. The van der Waals surface area contributed by atoms with Crippen LogP contribution in [0, 0.1) is 0 Å². The minimum Gasteiger partial charge on any atom is -0.368 e. The zero-order valence-electron chi connectivity index (χ0n) is 9.75. The Balaban J connectivity index is 4.27. The molecule has 15 heavy (non-hydrogen) atoms. The van der Waals surface area contributed by atoms with Crippen molar-refractivity contribution in [2.24, 2.45) is 5.73 Å². The fourth-order valence-electron chi connectivity index (χ4n) is 1.40. The molecule has 0 aliphatic carbocycles. The second-order valence-corrected chi connectivity index (χ2v) is 3.28. The van der Waals surface area contributed by atoms with Gasteiger partial charge in [-0.15, -0.1) is 0 Å². The number of likely N-dealkylation sites (N-methyl/N-ethyl adjacent to an activating group) is 1. The van der Waals surface area contributed by atoms with Crippen LogP contribution in [-0.2, 0) is 9.59 Å². The first-order valence-electron chi connectivity index (χ1n) is 5.37. The molecular formula is C10H21N3O2. The van der Waals surface area contributed by atoms with Crippen molar-refractivity contribution in [1.29, 1.82) is 0 Å². The van der Waals surface area contributed by atoms with Gasteiger partial charge in [0.25, 0.3) is 0 Å². The molecule has 88 valence electrons. The molecule has 3 N–H and O–H groups in total. The van der Waals surface area contributed by atoms with Gasteiger partial charge in [0, 0.05) is 13.1 Å². The molecule has 0 radical (unpaired) electrons. The molecule has 0 aromatic heterocycles. The third-order valence-electron chi connectivity index (χ3n) is 2.29. The van der Waals surface area contributed by atoms with E-state index in [0.29, 0.717) is 19.6 Å². The van der Waals surface area contributed by atoms with E-state index in [1.54, 1.807) is 4.90 Å². The Labute approximate surface area is 91.0 Å². The average Bonchev–Trinajstić information content (AvgIpc) is 2.18. The zero-order chi connectivity index (χ0) is 11.8. The van der Waals surface area contributed by atoms with Crippen molar-refractivity contribution in [2.75, 3.05) is 19.6 Å². The van der Waals surface area contributed by atoms with Gasteiger partial charge in [-0.1, -0.05) is 6.92 Å². The summed E-state index contributed by atoms with van der Waals surface area (Å²) in [5, 5.41) is 2.89. The SMILES string of the molecule is CCNC(CC(=O)N(CC)CC)C(N)=O. The number of nitrogens with two attached hydrogens (primary N) is 1. The van der Waals surface area contributed by atoms with E-state index >= 15 is 0 Å². The van der Waals surface area contributed by atoms with Gasteiger partial charge in [-0.25, -0.2) is 0 Å². The molecule has 0 fully saturated rings. The van der Waals surface area contributed by atoms with Gasteiger partial charge in [-0.05, 0) is 20.4 Å².